The number of hydrogen-bond acceptors (Lipinski definition) is 5. The summed E-state index contributed by atoms with van der Waals surface area (Å²) in [5, 5.41) is 4.75. The second-order valence-electron chi connectivity index (χ2n) is 5.39. The van der Waals surface area contributed by atoms with Gasteiger partial charge in [0.1, 0.15) is 0 Å². The van der Waals surface area contributed by atoms with E-state index >= 15 is 0 Å². The first-order valence-corrected chi connectivity index (χ1v) is 9.11. The fraction of sp³-hybridized carbons (Fsp3) is 0.118. The van der Waals surface area contributed by atoms with Gasteiger partial charge in [-0.3, -0.25) is 19.7 Å². The maximum atomic E-state index is 12.4. The molecule has 8 heteroatoms. The van der Waals surface area contributed by atoms with Crippen molar-refractivity contribution in [3.63, 3.8) is 0 Å². The average Bonchev–Trinajstić information content (AvgIpc) is 2.90. The predicted molar refractivity (Wildman–Crippen MR) is 90.4 cm³/mol. The van der Waals surface area contributed by atoms with E-state index in [-0.39, 0.29) is 33.0 Å². The predicted octanol–water partition coefficient (Wildman–Crippen LogP) is 1.62. The molecule has 0 radical (unpaired) electrons. The average molecular weight is 358 g/mol. The highest BCUT2D eigenvalue weighted by atomic mass is 32.2. The molecule has 3 rings (SSSR count). The van der Waals surface area contributed by atoms with Crippen LogP contribution in [0, 0.1) is 0 Å². The lowest BCUT2D eigenvalue weighted by atomic mass is 10.1. The molecule has 0 atom stereocenters. The number of nitrogens with one attached hydrogen (secondary N) is 2. The third kappa shape index (κ3) is 3.03. The summed E-state index contributed by atoms with van der Waals surface area (Å²) in [6.07, 6.45) is 0. The highest BCUT2D eigenvalue weighted by Gasteiger charge is 2.29. The number of imide groups is 1. The molecule has 0 aliphatic carbocycles. The van der Waals surface area contributed by atoms with Gasteiger partial charge in [-0.2, -0.15) is 0 Å². The summed E-state index contributed by atoms with van der Waals surface area (Å²) in [6.45, 7) is 1.54. The molecule has 1 aliphatic rings. The molecule has 0 saturated heterocycles. The Kier molecular flexibility index (Phi) is 4.13. The minimum atomic E-state index is -3.34. The van der Waals surface area contributed by atoms with Gasteiger partial charge in [0.2, 0.25) is 0 Å². The monoisotopic (exact) mass is 358 g/mol. The molecule has 0 saturated carbocycles. The number of carbonyl (C=O) groups is 3. The molecule has 2 aromatic carbocycles. The van der Waals surface area contributed by atoms with Crippen LogP contribution in [0.15, 0.2) is 47.4 Å². The zero-order valence-corrected chi connectivity index (χ0v) is 14.0. The summed E-state index contributed by atoms with van der Waals surface area (Å²) >= 11 is 0. The van der Waals surface area contributed by atoms with E-state index in [9.17, 15) is 22.8 Å². The van der Waals surface area contributed by atoms with Crippen molar-refractivity contribution in [3.8, 4) is 0 Å². The zero-order chi connectivity index (χ0) is 18.2. The molecule has 128 valence electrons. The highest BCUT2D eigenvalue weighted by molar-refractivity contribution is 7.91. The number of carbonyl (C=O) groups excluding carboxylic acids is 3. The second-order valence-corrected chi connectivity index (χ2v) is 7.67. The van der Waals surface area contributed by atoms with Crippen LogP contribution in [0.2, 0.25) is 0 Å². The maximum absolute atomic E-state index is 12.4. The van der Waals surface area contributed by atoms with Crippen molar-refractivity contribution < 1.29 is 22.8 Å². The van der Waals surface area contributed by atoms with Crippen LogP contribution >= 0.6 is 0 Å². The Balaban J connectivity index is 1.87. The number of anilines is 1. The minimum absolute atomic E-state index is 0.0299. The van der Waals surface area contributed by atoms with Gasteiger partial charge >= 0.3 is 0 Å². The van der Waals surface area contributed by atoms with Crippen LogP contribution in [-0.4, -0.2) is 31.9 Å². The molecule has 1 heterocycles. The lowest BCUT2D eigenvalue weighted by Crippen LogP contribution is -2.21. The van der Waals surface area contributed by atoms with Crippen LogP contribution in [0.1, 0.15) is 38.0 Å². The smallest absolute Gasteiger partial charge is 0.261 e. The number of amides is 3. The number of sulfone groups is 1. The first kappa shape index (κ1) is 16.8. The molecule has 0 fully saturated rings. The lowest BCUT2D eigenvalue weighted by Gasteiger charge is -2.09. The van der Waals surface area contributed by atoms with E-state index in [1.807, 2.05) is 0 Å². The van der Waals surface area contributed by atoms with Crippen molar-refractivity contribution in [2.24, 2.45) is 0 Å². The lowest BCUT2D eigenvalue weighted by molar-refractivity contribution is 0.0879. The fourth-order valence-electron chi connectivity index (χ4n) is 2.50. The Morgan fingerprint density at radius 2 is 1.72 bits per heavy atom. The Labute approximate surface area is 144 Å². The van der Waals surface area contributed by atoms with Crippen molar-refractivity contribution in [1.29, 1.82) is 0 Å². The molecule has 2 aromatic rings. The van der Waals surface area contributed by atoms with Gasteiger partial charge in [-0.25, -0.2) is 8.42 Å². The van der Waals surface area contributed by atoms with Gasteiger partial charge in [-0.05, 0) is 36.4 Å². The topological polar surface area (TPSA) is 109 Å². The third-order valence-electron chi connectivity index (χ3n) is 3.87. The number of fused-ring (bicyclic) bond motifs is 1. The quantitative estimate of drug-likeness (QED) is 0.807. The Bertz CT molecular complexity index is 994. The zero-order valence-electron chi connectivity index (χ0n) is 13.2. The second kappa shape index (κ2) is 6.14. The molecule has 0 aromatic heterocycles. The summed E-state index contributed by atoms with van der Waals surface area (Å²) < 4.78 is 23.6. The van der Waals surface area contributed by atoms with Crippen LogP contribution in [0.3, 0.4) is 0 Å². The van der Waals surface area contributed by atoms with Crippen molar-refractivity contribution in [2.75, 3.05) is 11.1 Å². The van der Waals surface area contributed by atoms with Gasteiger partial charge in [0, 0.05) is 5.56 Å². The van der Waals surface area contributed by atoms with Gasteiger partial charge in [-0.15, -0.1) is 0 Å². The molecule has 1 aliphatic heterocycles. The van der Waals surface area contributed by atoms with Gasteiger partial charge < -0.3 is 5.32 Å². The Hall–Kier alpha value is -3.00. The normalized spacial score (nSPS) is 13.3. The van der Waals surface area contributed by atoms with Crippen LogP contribution in [-0.2, 0) is 9.84 Å². The third-order valence-corrected chi connectivity index (χ3v) is 5.62. The first-order valence-electron chi connectivity index (χ1n) is 7.46. The summed E-state index contributed by atoms with van der Waals surface area (Å²) in [7, 11) is -3.34. The van der Waals surface area contributed by atoms with Crippen molar-refractivity contribution in [3.05, 3.63) is 59.2 Å². The fourth-order valence-corrected chi connectivity index (χ4v) is 3.38. The molecule has 3 amide bonds. The largest absolute Gasteiger partial charge is 0.321 e. The van der Waals surface area contributed by atoms with Crippen molar-refractivity contribution in [2.45, 2.75) is 11.8 Å². The highest BCUT2D eigenvalue weighted by Crippen LogP contribution is 2.25. The van der Waals surface area contributed by atoms with Gasteiger partial charge in [0.15, 0.2) is 9.84 Å². The molecule has 2 N–H and O–H groups in total. The number of benzene rings is 2. The van der Waals surface area contributed by atoms with E-state index in [0.29, 0.717) is 0 Å². The molecule has 0 spiro atoms. The number of hydrogen-bond donors (Lipinski definition) is 2. The van der Waals surface area contributed by atoms with E-state index in [2.05, 4.69) is 10.6 Å². The van der Waals surface area contributed by atoms with E-state index in [4.69, 9.17) is 0 Å². The minimum Gasteiger partial charge on any atom is -0.321 e. The summed E-state index contributed by atoms with van der Waals surface area (Å²) in [5.41, 5.74) is 0.770. The summed E-state index contributed by atoms with van der Waals surface area (Å²) in [5.74, 6) is -1.62. The molecule has 0 bridgehead atoms. The standard InChI is InChI=1S/C17H14N2O5S/c1-2-25(23,24)11-8-6-10(7-9-11)15(20)18-13-5-3-4-12-14(13)17(22)19-16(12)21/h3-9H,2H2,1H3,(H,18,20)(H,19,21,22). The molecular formula is C17H14N2O5S. The van der Waals surface area contributed by atoms with E-state index in [0.717, 1.165) is 0 Å². The van der Waals surface area contributed by atoms with Crippen LogP contribution < -0.4 is 10.6 Å². The van der Waals surface area contributed by atoms with Crippen molar-refractivity contribution in [1.82, 2.24) is 5.32 Å². The Morgan fingerprint density at radius 3 is 2.36 bits per heavy atom. The maximum Gasteiger partial charge on any atom is 0.261 e. The van der Waals surface area contributed by atoms with Gasteiger partial charge in [-0.1, -0.05) is 13.0 Å². The SMILES string of the molecule is CCS(=O)(=O)c1ccc(C(=O)Nc2cccc3c2C(=O)NC3=O)cc1. The first-order chi connectivity index (χ1) is 11.8. The molecular weight excluding hydrogens is 344 g/mol. The molecule has 0 unspecified atom stereocenters. The van der Waals surface area contributed by atoms with Crippen LogP contribution in [0.25, 0.3) is 0 Å². The van der Waals surface area contributed by atoms with Crippen LogP contribution in [0.5, 0.6) is 0 Å². The molecule has 25 heavy (non-hydrogen) atoms. The van der Waals surface area contributed by atoms with E-state index < -0.39 is 27.6 Å². The van der Waals surface area contributed by atoms with Crippen molar-refractivity contribution >= 4 is 33.2 Å². The van der Waals surface area contributed by atoms with Crippen LogP contribution in [0.4, 0.5) is 5.69 Å². The van der Waals surface area contributed by atoms with Gasteiger partial charge in [0.05, 0.1) is 27.5 Å². The van der Waals surface area contributed by atoms with E-state index in [1.165, 1.54) is 43.3 Å². The summed E-state index contributed by atoms with van der Waals surface area (Å²) in [6, 6.07) is 10.1. The van der Waals surface area contributed by atoms with E-state index in [1.54, 1.807) is 6.07 Å². The number of rotatable bonds is 4. The molecule has 7 nitrogen and oxygen atoms in total. The summed E-state index contributed by atoms with van der Waals surface area (Å²) in [4.78, 5) is 36.0. The van der Waals surface area contributed by atoms with Gasteiger partial charge in [0.25, 0.3) is 17.7 Å². The Morgan fingerprint density at radius 1 is 1.04 bits per heavy atom.